The number of hydrogen-bond donors (Lipinski definition) is 0. The second-order valence-electron chi connectivity index (χ2n) is 0. The van der Waals surface area contributed by atoms with Crippen LogP contribution in [0.1, 0.15) is 0 Å². The van der Waals surface area contributed by atoms with Gasteiger partial charge in [0.15, 0.2) is 0 Å². The van der Waals surface area contributed by atoms with Crippen LogP contribution in [-0.2, 0) is 0 Å². The Hall–Kier alpha value is 0.0384. The van der Waals surface area contributed by atoms with Crippen molar-refractivity contribution >= 4 is 18.0 Å². The molecule has 0 saturated carbocycles. The minimum atomic E-state index is 0. The first-order valence-corrected chi connectivity index (χ1v) is 1.000. The zero-order valence-corrected chi connectivity index (χ0v) is 5.15. The van der Waals surface area contributed by atoms with Crippen molar-refractivity contribution in [2.45, 2.75) is 0 Å². The minimum Gasteiger partial charge on any atom is -0.106 e. The summed E-state index contributed by atoms with van der Waals surface area (Å²) in [4.78, 5) is 0. The maximum Gasteiger partial charge on any atom is 0 e. The van der Waals surface area contributed by atoms with Crippen LogP contribution in [0.2, 0.25) is 0 Å². The monoisotopic (exact) mass is 131 g/mol. The Balaban J connectivity index is -0.0000000133. The fourth-order valence-electron chi connectivity index (χ4n) is 0. The topological polar surface area (TPSA) is 0 Å². The molecule has 0 unspecified atom stereocenters. The van der Waals surface area contributed by atoms with Gasteiger partial charge < -0.3 is 0 Å². The van der Waals surface area contributed by atoms with Gasteiger partial charge in [-0.1, -0.05) is 0 Å². The van der Waals surface area contributed by atoms with Crippen molar-refractivity contribution in [1.82, 2.24) is 0 Å². The summed E-state index contributed by atoms with van der Waals surface area (Å²) in [6.45, 7) is 12.0. The van der Waals surface area contributed by atoms with Crippen LogP contribution in [0, 0.1) is 0 Å². The normalized spacial score (nSPS) is 1.60. The molecule has 0 spiro atoms. The third kappa shape index (κ3) is 11400. The van der Waals surface area contributed by atoms with Gasteiger partial charge in [0.05, 0.1) is 0 Å². The first-order chi connectivity index (χ1) is 2.00. The Morgan fingerprint density at radius 2 is 0.600 bits per heavy atom. The molecule has 0 saturated heterocycles. The van der Waals surface area contributed by atoms with Crippen LogP contribution in [0.25, 0.3) is 0 Å². The minimum absolute atomic E-state index is 0. The molecule has 0 aliphatic rings. The molecule has 0 atom stereocenters. The van der Waals surface area contributed by atoms with E-state index in [1.807, 2.05) is 0 Å². The molecular formula is C4H8As. The van der Waals surface area contributed by atoms with Gasteiger partial charge in [-0.3, -0.25) is 0 Å². The fraction of sp³-hybridized carbons (Fsp3) is 0. The van der Waals surface area contributed by atoms with Crippen LogP contribution in [0.15, 0.2) is 26.3 Å². The van der Waals surface area contributed by atoms with E-state index in [1.54, 1.807) is 0 Å². The summed E-state index contributed by atoms with van der Waals surface area (Å²) >= 11 is 0. The first kappa shape index (κ1) is 19.8. The summed E-state index contributed by atoms with van der Waals surface area (Å²) < 4.78 is 0. The van der Waals surface area contributed by atoms with Crippen LogP contribution in [0.3, 0.4) is 0 Å². The van der Waals surface area contributed by atoms with E-state index in [2.05, 4.69) is 26.3 Å². The zero-order chi connectivity index (χ0) is 4.00. The molecule has 0 fully saturated rings. The molecule has 0 aliphatic carbocycles. The molecular weight excluding hydrogens is 123 g/mol. The summed E-state index contributed by atoms with van der Waals surface area (Å²) in [5, 5.41) is 0. The molecule has 29 valence electrons. The molecule has 0 heterocycles. The van der Waals surface area contributed by atoms with Gasteiger partial charge in [-0.15, -0.1) is 26.3 Å². The van der Waals surface area contributed by atoms with E-state index >= 15 is 0 Å². The van der Waals surface area contributed by atoms with Crippen LogP contribution in [0.5, 0.6) is 0 Å². The molecule has 0 bridgehead atoms. The van der Waals surface area contributed by atoms with Crippen LogP contribution in [-0.4, -0.2) is 18.0 Å². The van der Waals surface area contributed by atoms with Gasteiger partial charge in [-0.2, -0.15) is 0 Å². The molecule has 0 rings (SSSR count). The quantitative estimate of drug-likeness (QED) is 0.342. The summed E-state index contributed by atoms with van der Waals surface area (Å²) in [5.41, 5.74) is 0. The summed E-state index contributed by atoms with van der Waals surface area (Å²) in [5.74, 6) is 0. The van der Waals surface area contributed by atoms with Crippen LogP contribution in [0.4, 0.5) is 0 Å². The number of hydrogen-bond acceptors (Lipinski definition) is 0. The Morgan fingerprint density at radius 1 is 0.600 bits per heavy atom. The van der Waals surface area contributed by atoms with Crippen LogP contribution < -0.4 is 0 Å². The first-order valence-electron chi connectivity index (χ1n) is 1.000. The van der Waals surface area contributed by atoms with Gasteiger partial charge in [0, 0.05) is 18.0 Å². The molecule has 0 N–H and O–H groups in total. The molecule has 1 heteroatoms. The van der Waals surface area contributed by atoms with E-state index in [-0.39, 0.29) is 18.0 Å². The second-order valence-corrected chi connectivity index (χ2v) is 0. The average Bonchev–Trinajstić information content (AvgIpc) is 1.50. The van der Waals surface area contributed by atoms with Gasteiger partial charge in [-0.25, -0.2) is 0 Å². The average molecular weight is 131 g/mol. The van der Waals surface area contributed by atoms with Crippen molar-refractivity contribution in [3.05, 3.63) is 26.3 Å². The summed E-state index contributed by atoms with van der Waals surface area (Å²) in [6, 6.07) is 0. The Kier molecular flexibility index (Phi) is 99800. The maximum absolute atomic E-state index is 3.00. The molecule has 0 amide bonds. The van der Waals surface area contributed by atoms with Crippen molar-refractivity contribution < 1.29 is 0 Å². The van der Waals surface area contributed by atoms with E-state index in [0.29, 0.717) is 0 Å². The fourth-order valence-corrected chi connectivity index (χ4v) is 0. The SMILES string of the molecule is C=C.C=C.[As]. The largest absolute Gasteiger partial charge is 0.106 e. The van der Waals surface area contributed by atoms with Crippen molar-refractivity contribution in [3.63, 3.8) is 0 Å². The molecule has 0 aliphatic heterocycles. The van der Waals surface area contributed by atoms with E-state index in [1.165, 1.54) is 0 Å². The van der Waals surface area contributed by atoms with Crippen molar-refractivity contribution in [2.24, 2.45) is 0 Å². The molecule has 0 aromatic rings. The summed E-state index contributed by atoms with van der Waals surface area (Å²) in [6.07, 6.45) is 0. The van der Waals surface area contributed by atoms with E-state index in [9.17, 15) is 0 Å². The smallest absolute Gasteiger partial charge is 0 e. The van der Waals surface area contributed by atoms with E-state index < -0.39 is 0 Å². The summed E-state index contributed by atoms with van der Waals surface area (Å²) in [7, 11) is 0. The third-order valence-corrected chi connectivity index (χ3v) is 0. The zero-order valence-electron chi connectivity index (χ0n) is 3.28. The van der Waals surface area contributed by atoms with Gasteiger partial charge in [-0.05, 0) is 0 Å². The Morgan fingerprint density at radius 3 is 0.600 bits per heavy atom. The third-order valence-electron chi connectivity index (χ3n) is 0. The van der Waals surface area contributed by atoms with Gasteiger partial charge in [0.2, 0.25) is 0 Å². The standard InChI is InChI=1S/2C2H4.As/c2*1-2;/h2*1-2H2;. The molecule has 0 nitrogen and oxygen atoms in total. The van der Waals surface area contributed by atoms with Gasteiger partial charge in [0.1, 0.15) is 0 Å². The predicted molar refractivity (Wildman–Crippen MR) is 28.3 cm³/mol. The Bertz CT molecular complexity index is 5.61. The van der Waals surface area contributed by atoms with Crippen molar-refractivity contribution in [3.8, 4) is 0 Å². The van der Waals surface area contributed by atoms with Gasteiger partial charge >= 0.3 is 0 Å². The molecule has 5 heavy (non-hydrogen) atoms. The number of rotatable bonds is 0. The van der Waals surface area contributed by atoms with E-state index in [4.69, 9.17) is 0 Å². The predicted octanol–water partition coefficient (Wildman–Crippen LogP) is 1.22. The second kappa shape index (κ2) is 25200. The van der Waals surface area contributed by atoms with Gasteiger partial charge in [0.25, 0.3) is 0 Å². The maximum atomic E-state index is 3.00. The molecule has 0 aromatic heterocycles. The van der Waals surface area contributed by atoms with Crippen LogP contribution >= 0.6 is 0 Å². The molecule has 3 radical (unpaired) electrons. The van der Waals surface area contributed by atoms with Crippen molar-refractivity contribution in [2.75, 3.05) is 0 Å². The Labute approximate surface area is 44.9 Å². The molecule has 0 aromatic carbocycles. The van der Waals surface area contributed by atoms with E-state index in [0.717, 1.165) is 0 Å². The van der Waals surface area contributed by atoms with Crippen molar-refractivity contribution in [1.29, 1.82) is 0 Å².